The first-order valence-corrected chi connectivity index (χ1v) is 11.0. The van der Waals surface area contributed by atoms with E-state index in [-0.39, 0.29) is 11.3 Å². The molecule has 1 amide bonds. The van der Waals surface area contributed by atoms with Gasteiger partial charge in [-0.1, -0.05) is 26.0 Å². The minimum Gasteiger partial charge on any atom is -0.507 e. The fraction of sp³-hybridized carbons (Fsp3) is 0.222. The molecular formula is C27H26N2O5. The fourth-order valence-corrected chi connectivity index (χ4v) is 3.90. The molecule has 34 heavy (non-hydrogen) atoms. The lowest BCUT2D eigenvalue weighted by atomic mass is 9.95. The molecule has 1 fully saturated rings. The van der Waals surface area contributed by atoms with Crippen LogP contribution in [-0.2, 0) is 9.59 Å². The van der Waals surface area contributed by atoms with E-state index in [1.165, 1.54) is 12.0 Å². The number of pyridine rings is 1. The Morgan fingerprint density at radius 3 is 2.35 bits per heavy atom. The van der Waals surface area contributed by atoms with Crippen molar-refractivity contribution in [2.24, 2.45) is 5.92 Å². The van der Waals surface area contributed by atoms with Crippen LogP contribution in [0.2, 0.25) is 0 Å². The van der Waals surface area contributed by atoms with E-state index in [0.717, 1.165) is 0 Å². The second-order valence-electron chi connectivity index (χ2n) is 8.35. The monoisotopic (exact) mass is 458 g/mol. The molecule has 1 aliphatic rings. The number of amides is 1. The molecule has 2 heterocycles. The average molecular weight is 459 g/mol. The fourth-order valence-electron chi connectivity index (χ4n) is 3.90. The van der Waals surface area contributed by atoms with Crippen LogP contribution in [0.25, 0.3) is 5.76 Å². The van der Waals surface area contributed by atoms with E-state index in [0.29, 0.717) is 40.8 Å². The zero-order valence-electron chi connectivity index (χ0n) is 19.3. The summed E-state index contributed by atoms with van der Waals surface area (Å²) in [4.78, 5) is 31.9. The van der Waals surface area contributed by atoms with Crippen LogP contribution < -0.4 is 14.4 Å². The Morgan fingerprint density at radius 1 is 1.03 bits per heavy atom. The number of carbonyl (C=O) groups excluding carboxylic acids is 2. The molecule has 1 atom stereocenters. The first-order chi connectivity index (χ1) is 16.4. The largest absolute Gasteiger partial charge is 0.507 e. The smallest absolute Gasteiger partial charge is 0.300 e. The Kier molecular flexibility index (Phi) is 6.63. The summed E-state index contributed by atoms with van der Waals surface area (Å²) in [6.45, 7) is 4.68. The normalized spacial score (nSPS) is 17.3. The van der Waals surface area contributed by atoms with E-state index >= 15 is 0 Å². The van der Waals surface area contributed by atoms with Gasteiger partial charge in [-0.25, -0.2) is 0 Å². The molecule has 3 aromatic rings. The third-order valence-electron chi connectivity index (χ3n) is 5.52. The minimum atomic E-state index is -0.851. The van der Waals surface area contributed by atoms with E-state index in [4.69, 9.17) is 9.47 Å². The van der Waals surface area contributed by atoms with Gasteiger partial charge >= 0.3 is 0 Å². The van der Waals surface area contributed by atoms with Crippen molar-refractivity contribution in [1.82, 2.24) is 4.98 Å². The van der Waals surface area contributed by atoms with Crippen molar-refractivity contribution < 1.29 is 24.2 Å². The summed E-state index contributed by atoms with van der Waals surface area (Å²) in [5.74, 6) is -0.303. The molecule has 1 saturated heterocycles. The summed E-state index contributed by atoms with van der Waals surface area (Å²) < 4.78 is 11.2. The van der Waals surface area contributed by atoms with Crippen molar-refractivity contribution in [2.75, 3.05) is 18.6 Å². The van der Waals surface area contributed by atoms with Crippen LogP contribution in [0, 0.1) is 5.92 Å². The second kappa shape index (κ2) is 9.79. The zero-order valence-corrected chi connectivity index (χ0v) is 19.3. The number of rotatable bonds is 7. The lowest BCUT2D eigenvalue weighted by Gasteiger charge is -2.26. The summed E-state index contributed by atoms with van der Waals surface area (Å²) in [5, 5.41) is 11.2. The summed E-state index contributed by atoms with van der Waals surface area (Å²) in [5.41, 5.74) is 1.48. The molecule has 0 bridgehead atoms. The van der Waals surface area contributed by atoms with Crippen molar-refractivity contribution in [1.29, 1.82) is 0 Å². The van der Waals surface area contributed by atoms with Crippen LogP contribution in [0.15, 0.2) is 78.6 Å². The van der Waals surface area contributed by atoms with Gasteiger partial charge in [-0.2, -0.15) is 0 Å². The van der Waals surface area contributed by atoms with E-state index in [1.54, 1.807) is 73.1 Å². The van der Waals surface area contributed by atoms with Gasteiger partial charge in [0.1, 0.15) is 17.3 Å². The molecule has 0 spiro atoms. The van der Waals surface area contributed by atoms with Gasteiger partial charge in [0.15, 0.2) is 0 Å². The number of Topliss-reactive ketones (excluding diaryl/α,β-unsaturated/α-hetero) is 1. The molecule has 7 heteroatoms. The number of carbonyl (C=O) groups is 2. The average Bonchev–Trinajstić information content (AvgIpc) is 3.13. The number of aromatic nitrogens is 1. The standard InChI is InChI=1S/C27H26N2O5/c1-17(2)16-34-20-10-8-19(9-11-20)25(30)23-24(18-12-14-28-15-13-18)29(27(32)26(23)31)21-6-4-5-7-22(21)33-3/h4-15,17,24,30H,16H2,1-3H3/b25-23+. The molecule has 0 aliphatic carbocycles. The second-order valence-corrected chi connectivity index (χ2v) is 8.35. The molecule has 1 aliphatic heterocycles. The Balaban J connectivity index is 1.83. The Hall–Kier alpha value is -4.13. The molecule has 4 rings (SSSR count). The van der Waals surface area contributed by atoms with E-state index < -0.39 is 17.7 Å². The van der Waals surface area contributed by atoms with Crippen molar-refractivity contribution in [3.8, 4) is 11.5 Å². The number of para-hydroxylation sites is 2. The van der Waals surface area contributed by atoms with Crippen LogP contribution in [0.1, 0.15) is 31.0 Å². The number of methoxy groups -OCH3 is 1. The highest BCUT2D eigenvalue weighted by Crippen LogP contribution is 2.44. The number of aliphatic hydroxyl groups excluding tert-OH is 1. The van der Waals surface area contributed by atoms with Crippen molar-refractivity contribution in [3.63, 3.8) is 0 Å². The van der Waals surface area contributed by atoms with Gasteiger partial charge in [-0.3, -0.25) is 19.5 Å². The van der Waals surface area contributed by atoms with E-state index in [9.17, 15) is 14.7 Å². The van der Waals surface area contributed by atoms with Crippen LogP contribution >= 0.6 is 0 Å². The van der Waals surface area contributed by atoms with E-state index in [2.05, 4.69) is 18.8 Å². The van der Waals surface area contributed by atoms with Crippen molar-refractivity contribution >= 4 is 23.1 Å². The number of nitrogens with zero attached hydrogens (tertiary/aromatic N) is 2. The molecular weight excluding hydrogens is 432 g/mol. The molecule has 1 unspecified atom stereocenters. The van der Waals surface area contributed by atoms with Gasteiger partial charge in [0, 0.05) is 18.0 Å². The molecule has 2 aromatic carbocycles. The highest BCUT2D eigenvalue weighted by molar-refractivity contribution is 6.51. The first-order valence-electron chi connectivity index (χ1n) is 11.0. The SMILES string of the molecule is COc1ccccc1N1C(=O)C(=O)/C(=C(/O)c2ccc(OCC(C)C)cc2)C1c1ccncc1. The highest BCUT2D eigenvalue weighted by atomic mass is 16.5. The van der Waals surface area contributed by atoms with Crippen molar-refractivity contribution in [3.05, 3.63) is 89.8 Å². The third-order valence-corrected chi connectivity index (χ3v) is 5.52. The molecule has 1 aromatic heterocycles. The number of hydrogen-bond donors (Lipinski definition) is 1. The van der Waals surface area contributed by atoms with Gasteiger partial charge in [-0.05, 0) is 60.0 Å². The quantitative estimate of drug-likeness (QED) is 0.312. The Labute approximate surface area is 198 Å². The number of ketones is 1. The predicted octanol–water partition coefficient (Wildman–Crippen LogP) is 4.75. The maximum atomic E-state index is 13.2. The zero-order chi connectivity index (χ0) is 24.2. The topological polar surface area (TPSA) is 89.0 Å². The Morgan fingerprint density at radius 2 is 1.71 bits per heavy atom. The Bertz CT molecular complexity index is 1220. The number of hydrogen-bond acceptors (Lipinski definition) is 6. The van der Waals surface area contributed by atoms with Crippen LogP contribution in [0.4, 0.5) is 5.69 Å². The minimum absolute atomic E-state index is 0.00189. The van der Waals surface area contributed by atoms with E-state index in [1.807, 2.05) is 0 Å². The molecule has 0 saturated carbocycles. The van der Waals surface area contributed by atoms with Crippen LogP contribution in [0.5, 0.6) is 11.5 Å². The summed E-state index contributed by atoms with van der Waals surface area (Å²) in [7, 11) is 1.50. The molecule has 1 N–H and O–H groups in total. The van der Waals surface area contributed by atoms with Crippen LogP contribution in [-0.4, -0.2) is 35.5 Å². The maximum Gasteiger partial charge on any atom is 0.300 e. The molecule has 0 radical (unpaired) electrons. The molecule has 7 nitrogen and oxygen atoms in total. The first kappa shape index (κ1) is 23.0. The lowest BCUT2D eigenvalue weighted by molar-refractivity contribution is -0.132. The van der Waals surface area contributed by atoms with Gasteiger partial charge in [0.05, 0.1) is 31.0 Å². The third kappa shape index (κ3) is 4.37. The number of anilines is 1. The lowest BCUT2D eigenvalue weighted by Crippen LogP contribution is -2.29. The molecule has 174 valence electrons. The number of ether oxygens (including phenoxy) is 2. The van der Waals surface area contributed by atoms with Crippen molar-refractivity contribution in [2.45, 2.75) is 19.9 Å². The highest BCUT2D eigenvalue weighted by Gasteiger charge is 2.47. The van der Waals surface area contributed by atoms with Gasteiger partial charge in [0.2, 0.25) is 0 Å². The predicted molar refractivity (Wildman–Crippen MR) is 129 cm³/mol. The van der Waals surface area contributed by atoms with Gasteiger partial charge in [-0.15, -0.1) is 0 Å². The summed E-state index contributed by atoms with van der Waals surface area (Å²) >= 11 is 0. The summed E-state index contributed by atoms with van der Waals surface area (Å²) in [6.07, 6.45) is 3.16. The maximum absolute atomic E-state index is 13.2. The van der Waals surface area contributed by atoms with Gasteiger partial charge in [0.25, 0.3) is 11.7 Å². The van der Waals surface area contributed by atoms with Crippen LogP contribution in [0.3, 0.4) is 0 Å². The number of benzene rings is 2. The van der Waals surface area contributed by atoms with Gasteiger partial charge < -0.3 is 14.6 Å². The number of aliphatic hydroxyl groups is 1. The summed E-state index contributed by atoms with van der Waals surface area (Å²) in [6, 6.07) is 16.4.